The third-order valence-corrected chi connectivity index (χ3v) is 6.65. The molecule has 2 atom stereocenters. The Labute approximate surface area is 227 Å². The van der Waals surface area contributed by atoms with Crippen molar-refractivity contribution in [2.24, 2.45) is 0 Å². The molecule has 218 valence electrons. The highest BCUT2D eigenvalue weighted by molar-refractivity contribution is 5.72. The maximum Gasteiger partial charge on any atom is 0.362 e. The molecule has 0 bridgehead atoms. The second kappa shape index (κ2) is 23.7. The molecule has 0 aliphatic heterocycles. The van der Waals surface area contributed by atoms with Crippen molar-refractivity contribution in [3.05, 3.63) is 12.2 Å². The minimum atomic E-state index is -0.901. The number of aliphatic carboxylic acids is 1. The molecule has 2 unspecified atom stereocenters. The van der Waals surface area contributed by atoms with E-state index in [-0.39, 0.29) is 25.8 Å². The van der Waals surface area contributed by atoms with Gasteiger partial charge in [-0.3, -0.25) is 4.79 Å². The SMILES string of the molecule is CCCCCCCC/C=C/CCCCCCCCCC(=O)OCC(O)COCCC(C(=O)O)[N+](C)(C)C. The van der Waals surface area contributed by atoms with Gasteiger partial charge in [-0.15, -0.1) is 0 Å². The quantitative estimate of drug-likeness (QED) is 0.0594. The molecule has 0 aliphatic carbocycles. The van der Waals surface area contributed by atoms with Gasteiger partial charge in [-0.05, 0) is 32.1 Å². The molecule has 0 radical (unpaired) electrons. The lowest BCUT2D eigenvalue weighted by molar-refractivity contribution is -0.887. The van der Waals surface area contributed by atoms with Gasteiger partial charge in [-0.2, -0.15) is 0 Å². The van der Waals surface area contributed by atoms with E-state index in [0.717, 1.165) is 19.3 Å². The summed E-state index contributed by atoms with van der Waals surface area (Å²) in [6.45, 7) is 2.41. The van der Waals surface area contributed by atoms with E-state index < -0.39 is 18.1 Å². The lowest BCUT2D eigenvalue weighted by Crippen LogP contribution is -2.50. The standard InChI is InChI=1S/C30H57NO6/c1-5-6-7-8-9-10-11-12-13-14-15-16-17-18-19-20-21-22-29(33)37-26-27(32)25-36-24-23-28(30(34)35)31(2,3)4/h12-13,27-28,32H,5-11,14-26H2,1-4H3/p+1/b13-12+. The highest BCUT2D eigenvalue weighted by Crippen LogP contribution is 2.12. The maximum atomic E-state index is 11.9. The monoisotopic (exact) mass is 528 g/mol. The van der Waals surface area contributed by atoms with E-state index in [9.17, 15) is 19.8 Å². The molecule has 0 fully saturated rings. The Morgan fingerprint density at radius 3 is 1.81 bits per heavy atom. The molecule has 0 aromatic heterocycles. The molecule has 7 heteroatoms. The number of carboxylic acid groups (broad SMARTS) is 1. The fraction of sp³-hybridized carbons (Fsp3) is 0.867. The average molecular weight is 529 g/mol. The molecule has 0 saturated carbocycles. The number of nitrogens with zero attached hydrogens (tertiary/aromatic N) is 1. The smallest absolute Gasteiger partial charge is 0.362 e. The third kappa shape index (κ3) is 23.4. The van der Waals surface area contributed by atoms with Crippen molar-refractivity contribution in [1.29, 1.82) is 0 Å². The van der Waals surface area contributed by atoms with Crippen molar-refractivity contribution in [1.82, 2.24) is 0 Å². The molecule has 0 aliphatic rings. The van der Waals surface area contributed by atoms with E-state index in [0.29, 0.717) is 17.3 Å². The summed E-state index contributed by atoms with van der Waals surface area (Å²) in [5.41, 5.74) is 0. The molecule has 0 aromatic rings. The van der Waals surface area contributed by atoms with Gasteiger partial charge in [0.2, 0.25) is 0 Å². The van der Waals surface area contributed by atoms with E-state index in [1.54, 1.807) is 0 Å². The first-order valence-electron chi connectivity index (χ1n) is 14.8. The Morgan fingerprint density at radius 1 is 0.784 bits per heavy atom. The highest BCUT2D eigenvalue weighted by atomic mass is 16.5. The zero-order valence-electron chi connectivity index (χ0n) is 24.4. The number of carbonyl (C=O) groups is 2. The molecule has 2 N–H and O–H groups in total. The number of aliphatic hydroxyl groups excluding tert-OH is 1. The van der Waals surface area contributed by atoms with Crippen LogP contribution in [0.2, 0.25) is 0 Å². The van der Waals surface area contributed by atoms with Gasteiger partial charge in [0.1, 0.15) is 12.7 Å². The van der Waals surface area contributed by atoms with Crippen molar-refractivity contribution in [3.8, 4) is 0 Å². The van der Waals surface area contributed by atoms with Crippen molar-refractivity contribution in [2.45, 2.75) is 128 Å². The fourth-order valence-corrected chi connectivity index (χ4v) is 4.26. The van der Waals surface area contributed by atoms with Crippen LogP contribution in [0.25, 0.3) is 0 Å². The first-order chi connectivity index (χ1) is 17.7. The highest BCUT2D eigenvalue weighted by Gasteiger charge is 2.30. The first-order valence-corrected chi connectivity index (χ1v) is 14.8. The Balaban J connectivity index is 3.52. The molecule has 0 spiro atoms. The van der Waals surface area contributed by atoms with Gasteiger partial charge in [-0.25, -0.2) is 4.79 Å². The van der Waals surface area contributed by atoms with Crippen LogP contribution in [0.3, 0.4) is 0 Å². The normalized spacial score (nSPS) is 13.6. The van der Waals surface area contributed by atoms with Crippen LogP contribution in [0.5, 0.6) is 0 Å². The maximum absolute atomic E-state index is 11.9. The molecule has 7 nitrogen and oxygen atoms in total. The van der Waals surface area contributed by atoms with Gasteiger partial charge >= 0.3 is 11.9 Å². The van der Waals surface area contributed by atoms with Gasteiger partial charge in [0, 0.05) is 12.8 Å². The summed E-state index contributed by atoms with van der Waals surface area (Å²) >= 11 is 0. The molecule has 0 heterocycles. The Morgan fingerprint density at radius 2 is 1.30 bits per heavy atom. The second-order valence-electron chi connectivity index (χ2n) is 11.2. The molecule has 37 heavy (non-hydrogen) atoms. The lowest BCUT2D eigenvalue weighted by Gasteiger charge is -2.31. The summed E-state index contributed by atoms with van der Waals surface area (Å²) in [7, 11) is 5.47. The number of ether oxygens (including phenoxy) is 2. The number of hydrogen-bond acceptors (Lipinski definition) is 5. The summed E-state index contributed by atoms with van der Waals surface area (Å²) in [5.74, 6) is -1.16. The summed E-state index contributed by atoms with van der Waals surface area (Å²) in [4.78, 5) is 23.2. The molecule has 0 aromatic carbocycles. The second-order valence-corrected chi connectivity index (χ2v) is 11.2. The number of aliphatic hydroxyl groups is 1. The largest absolute Gasteiger partial charge is 0.477 e. The van der Waals surface area contributed by atoms with Crippen molar-refractivity contribution >= 4 is 11.9 Å². The van der Waals surface area contributed by atoms with Crippen LogP contribution >= 0.6 is 0 Å². The van der Waals surface area contributed by atoms with Crippen molar-refractivity contribution < 1.29 is 33.8 Å². The number of hydrogen-bond donors (Lipinski definition) is 2. The minimum absolute atomic E-state index is 0.0195. The van der Waals surface area contributed by atoms with E-state index in [1.807, 2.05) is 21.1 Å². The lowest BCUT2D eigenvalue weighted by atomic mass is 10.1. The van der Waals surface area contributed by atoms with Crippen LogP contribution in [-0.4, -0.2) is 79.7 Å². The molecular formula is C30H58NO6+. The zero-order valence-corrected chi connectivity index (χ0v) is 24.4. The van der Waals surface area contributed by atoms with Gasteiger partial charge in [-0.1, -0.05) is 83.3 Å². The summed E-state index contributed by atoms with van der Waals surface area (Å²) < 4.78 is 10.8. The average Bonchev–Trinajstić information content (AvgIpc) is 2.83. The molecular weight excluding hydrogens is 470 g/mol. The number of quaternary nitrogens is 1. The van der Waals surface area contributed by atoms with E-state index >= 15 is 0 Å². The number of unbranched alkanes of at least 4 members (excludes halogenated alkanes) is 13. The van der Waals surface area contributed by atoms with Crippen LogP contribution in [0.1, 0.15) is 116 Å². The van der Waals surface area contributed by atoms with Crippen LogP contribution in [0.15, 0.2) is 12.2 Å². The Kier molecular flexibility index (Phi) is 22.7. The molecule has 0 saturated heterocycles. The van der Waals surface area contributed by atoms with Gasteiger partial charge < -0.3 is 24.2 Å². The number of esters is 1. The predicted molar refractivity (Wildman–Crippen MR) is 151 cm³/mol. The zero-order chi connectivity index (χ0) is 27.8. The third-order valence-electron chi connectivity index (χ3n) is 6.65. The first kappa shape index (κ1) is 35.6. The van der Waals surface area contributed by atoms with E-state index in [2.05, 4.69) is 19.1 Å². The van der Waals surface area contributed by atoms with Crippen molar-refractivity contribution in [2.75, 3.05) is 41.0 Å². The number of rotatable bonds is 26. The van der Waals surface area contributed by atoms with Crippen molar-refractivity contribution in [3.63, 3.8) is 0 Å². The van der Waals surface area contributed by atoms with Crippen LogP contribution < -0.4 is 0 Å². The number of carbonyl (C=O) groups excluding carboxylic acids is 1. The van der Waals surface area contributed by atoms with Gasteiger partial charge in [0.05, 0.1) is 34.4 Å². The number of likely N-dealkylation sites (N-methyl/N-ethyl adjacent to an activating group) is 1. The van der Waals surface area contributed by atoms with E-state index in [1.165, 1.54) is 77.0 Å². The topological polar surface area (TPSA) is 93.1 Å². The summed E-state index contributed by atoms with van der Waals surface area (Å²) in [6.07, 6.45) is 23.1. The van der Waals surface area contributed by atoms with Gasteiger partial charge in [0.15, 0.2) is 6.04 Å². The number of carboxylic acids is 1. The van der Waals surface area contributed by atoms with Crippen LogP contribution in [-0.2, 0) is 19.1 Å². The summed E-state index contributed by atoms with van der Waals surface area (Å²) in [5, 5.41) is 19.2. The molecule has 0 amide bonds. The summed E-state index contributed by atoms with van der Waals surface area (Å²) in [6, 6.07) is -0.573. The predicted octanol–water partition coefficient (Wildman–Crippen LogP) is 6.27. The minimum Gasteiger partial charge on any atom is -0.477 e. The van der Waals surface area contributed by atoms with Crippen LogP contribution in [0, 0.1) is 0 Å². The molecule has 0 rings (SSSR count). The Hall–Kier alpha value is -1.44. The van der Waals surface area contributed by atoms with E-state index in [4.69, 9.17) is 9.47 Å². The fourth-order valence-electron chi connectivity index (χ4n) is 4.26. The van der Waals surface area contributed by atoms with Gasteiger partial charge in [0.25, 0.3) is 0 Å². The van der Waals surface area contributed by atoms with Crippen LogP contribution in [0.4, 0.5) is 0 Å². The number of allylic oxidation sites excluding steroid dienone is 2. The Bertz CT molecular complexity index is 587.